The van der Waals surface area contributed by atoms with Gasteiger partial charge in [-0.2, -0.15) is 0 Å². The van der Waals surface area contributed by atoms with Gasteiger partial charge >= 0.3 is 5.97 Å². The molecular formula is C18H19NO5S. The Kier molecular flexibility index (Phi) is 6.59. The molecule has 2 rings (SSSR count). The minimum absolute atomic E-state index is 0.374. The van der Waals surface area contributed by atoms with E-state index in [-0.39, 0.29) is 6.61 Å². The Bertz CT molecular complexity index is 782. The fourth-order valence-corrected chi connectivity index (χ4v) is 2.81. The molecule has 1 aromatic carbocycles. The smallest absolute Gasteiger partial charge is 0.331 e. The van der Waals surface area contributed by atoms with Gasteiger partial charge in [-0.25, -0.2) is 4.79 Å². The molecule has 0 unspecified atom stereocenters. The molecule has 0 saturated heterocycles. The van der Waals surface area contributed by atoms with E-state index in [4.69, 9.17) is 14.2 Å². The molecule has 0 bridgehead atoms. The highest BCUT2D eigenvalue weighted by Crippen LogP contribution is 2.29. The monoisotopic (exact) mass is 361 g/mol. The van der Waals surface area contributed by atoms with Crippen molar-refractivity contribution in [3.05, 3.63) is 46.2 Å². The predicted octanol–water partition coefficient (Wildman–Crippen LogP) is 3.27. The van der Waals surface area contributed by atoms with Crippen molar-refractivity contribution in [3.63, 3.8) is 0 Å². The summed E-state index contributed by atoms with van der Waals surface area (Å²) in [6.07, 6.45) is 2.98. The Morgan fingerprint density at radius 1 is 1.16 bits per heavy atom. The number of nitrogens with one attached hydrogen (secondary N) is 1. The number of benzene rings is 1. The second-order valence-corrected chi connectivity index (χ2v) is 5.97. The van der Waals surface area contributed by atoms with Gasteiger partial charge < -0.3 is 19.5 Å². The van der Waals surface area contributed by atoms with Gasteiger partial charge in [0.05, 0.1) is 14.2 Å². The van der Waals surface area contributed by atoms with Crippen LogP contribution in [-0.4, -0.2) is 32.7 Å². The lowest BCUT2D eigenvalue weighted by Crippen LogP contribution is -2.20. The molecule has 0 radical (unpaired) electrons. The van der Waals surface area contributed by atoms with E-state index in [1.54, 1.807) is 24.3 Å². The molecule has 1 N–H and O–H groups in total. The molecule has 1 heterocycles. The molecule has 2 aromatic rings. The summed E-state index contributed by atoms with van der Waals surface area (Å²) >= 11 is 1.53. The highest BCUT2D eigenvalue weighted by Gasteiger charge is 2.09. The van der Waals surface area contributed by atoms with Gasteiger partial charge in [-0.05, 0) is 42.1 Å². The van der Waals surface area contributed by atoms with Gasteiger partial charge in [0.2, 0.25) is 0 Å². The first kappa shape index (κ1) is 18.5. The number of rotatable bonds is 7. The number of hydrogen-bond donors (Lipinski definition) is 1. The van der Waals surface area contributed by atoms with E-state index >= 15 is 0 Å². The summed E-state index contributed by atoms with van der Waals surface area (Å²) in [5, 5.41) is 4.57. The molecule has 25 heavy (non-hydrogen) atoms. The SMILES string of the molecule is COc1ccc(NC(=O)COC(=O)/C=C/c2sccc2C)cc1OC. The summed E-state index contributed by atoms with van der Waals surface area (Å²) in [5.74, 6) is 0.0315. The van der Waals surface area contributed by atoms with E-state index < -0.39 is 11.9 Å². The molecule has 0 aliphatic rings. The lowest BCUT2D eigenvalue weighted by Gasteiger charge is -2.10. The van der Waals surface area contributed by atoms with Crippen molar-refractivity contribution in [3.8, 4) is 11.5 Å². The number of carbonyl (C=O) groups is 2. The number of amides is 1. The summed E-state index contributed by atoms with van der Waals surface area (Å²) < 4.78 is 15.2. The lowest BCUT2D eigenvalue weighted by molar-refractivity contribution is -0.142. The average Bonchev–Trinajstić information content (AvgIpc) is 3.03. The van der Waals surface area contributed by atoms with Crippen molar-refractivity contribution in [2.75, 3.05) is 26.1 Å². The Balaban J connectivity index is 1.85. The van der Waals surface area contributed by atoms with E-state index in [0.717, 1.165) is 10.4 Å². The zero-order valence-corrected chi connectivity index (χ0v) is 15.0. The summed E-state index contributed by atoms with van der Waals surface area (Å²) in [4.78, 5) is 24.5. The maximum Gasteiger partial charge on any atom is 0.331 e. The third kappa shape index (κ3) is 5.36. The molecule has 0 spiro atoms. The maximum atomic E-state index is 11.9. The molecule has 1 amide bonds. The van der Waals surface area contributed by atoms with Gasteiger partial charge in [0, 0.05) is 22.7 Å². The van der Waals surface area contributed by atoms with Crippen LogP contribution >= 0.6 is 11.3 Å². The molecule has 1 aromatic heterocycles. The first-order valence-corrected chi connectivity index (χ1v) is 8.32. The van der Waals surface area contributed by atoms with Gasteiger partial charge in [-0.3, -0.25) is 4.79 Å². The van der Waals surface area contributed by atoms with Gasteiger partial charge in [-0.1, -0.05) is 0 Å². The van der Waals surface area contributed by atoms with Crippen LogP contribution in [0.4, 0.5) is 5.69 Å². The van der Waals surface area contributed by atoms with Crippen molar-refractivity contribution in [1.82, 2.24) is 0 Å². The van der Waals surface area contributed by atoms with Crippen molar-refractivity contribution in [1.29, 1.82) is 0 Å². The Hall–Kier alpha value is -2.80. The van der Waals surface area contributed by atoms with Crippen LogP contribution in [0.25, 0.3) is 6.08 Å². The van der Waals surface area contributed by atoms with Crippen molar-refractivity contribution in [2.45, 2.75) is 6.92 Å². The van der Waals surface area contributed by atoms with Crippen LogP contribution in [0.5, 0.6) is 11.5 Å². The highest BCUT2D eigenvalue weighted by atomic mass is 32.1. The van der Waals surface area contributed by atoms with E-state index in [2.05, 4.69) is 5.32 Å². The van der Waals surface area contributed by atoms with Gasteiger partial charge in [0.25, 0.3) is 5.91 Å². The van der Waals surface area contributed by atoms with Crippen LogP contribution in [0.3, 0.4) is 0 Å². The summed E-state index contributed by atoms with van der Waals surface area (Å²) in [6, 6.07) is 6.93. The number of ether oxygens (including phenoxy) is 3. The zero-order chi connectivity index (χ0) is 18.2. The van der Waals surface area contributed by atoms with Crippen LogP contribution in [0.15, 0.2) is 35.7 Å². The molecule has 0 aliphatic heterocycles. The summed E-state index contributed by atoms with van der Waals surface area (Å²) in [5.41, 5.74) is 1.60. The second-order valence-electron chi connectivity index (χ2n) is 5.03. The first-order valence-electron chi connectivity index (χ1n) is 7.44. The van der Waals surface area contributed by atoms with Gasteiger partial charge in [-0.15, -0.1) is 11.3 Å². The molecule has 0 atom stereocenters. The molecule has 132 valence electrons. The number of esters is 1. The summed E-state index contributed by atoms with van der Waals surface area (Å²) in [6.45, 7) is 1.58. The second kappa shape index (κ2) is 8.89. The number of hydrogen-bond acceptors (Lipinski definition) is 6. The fraction of sp³-hybridized carbons (Fsp3) is 0.222. The van der Waals surface area contributed by atoms with Crippen LogP contribution in [0.2, 0.25) is 0 Å². The number of anilines is 1. The molecule has 0 aliphatic carbocycles. The third-order valence-electron chi connectivity index (χ3n) is 3.29. The molecular weight excluding hydrogens is 342 g/mol. The summed E-state index contributed by atoms with van der Waals surface area (Å²) in [7, 11) is 3.04. The van der Waals surface area contributed by atoms with Crippen LogP contribution < -0.4 is 14.8 Å². The maximum absolute atomic E-state index is 11.9. The third-order valence-corrected chi connectivity index (χ3v) is 4.27. The number of carbonyl (C=O) groups excluding carboxylic acids is 2. The largest absolute Gasteiger partial charge is 0.493 e. The molecule has 7 heteroatoms. The van der Waals surface area contributed by atoms with Crippen molar-refractivity contribution in [2.24, 2.45) is 0 Å². The Morgan fingerprint density at radius 2 is 1.92 bits per heavy atom. The Morgan fingerprint density at radius 3 is 2.56 bits per heavy atom. The van der Waals surface area contributed by atoms with E-state index in [9.17, 15) is 9.59 Å². The Labute approximate surface area is 150 Å². The van der Waals surface area contributed by atoms with Gasteiger partial charge in [0.15, 0.2) is 18.1 Å². The lowest BCUT2D eigenvalue weighted by atomic mass is 10.2. The fourth-order valence-electron chi connectivity index (χ4n) is 1.99. The topological polar surface area (TPSA) is 73.9 Å². The predicted molar refractivity (Wildman–Crippen MR) is 97.2 cm³/mol. The quantitative estimate of drug-likeness (QED) is 0.605. The molecule has 0 fully saturated rings. The van der Waals surface area contributed by atoms with Crippen LogP contribution in [-0.2, 0) is 14.3 Å². The van der Waals surface area contributed by atoms with Gasteiger partial charge in [0.1, 0.15) is 0 Å². The highest BCUT2D eigenvalue weighted by molar-refractivity contribution is 7.11. The molecule has 6 nitrogen and oxygen atoms in total. The number of methoxy groups -OCH3 is 2. The zero-order valence-electron chi connectivity index (χ0n) is 14.2. The first-order chi connectivity index (χ1) is 12.0. The van der Waals surface area contributed by atoms with Crippen LogP contribution in [0, 0.1) is 6.92 Å². The van der Waals surface area contributed by atoms with E-state index in [1.807, 2.05) is 18.4 Å². The normalized spacial score (nSPS) is 10.5. The van der Waals surface area contributed by atoms with Crippen molar-refractivity contribution >= 4 is 35.0 Å². The molecule has 0 saturated carbocycles. The number of thiophene rings is 1. The standard InChI is InChI=1S/C18H19NO5S/c1-12-8-9-25-16(12)6-7-18(21)24-11-17(20)19-13-4-5-14(22-2)15(10-13)23-3/h4-10H,11H2,1-3H3,(H,19,20)/b7-6+. The minimum Gasteiger partial charge on any atom is -0.493 e. The average molecular weight is 361 g/mol. The van der Waals surface area contributed by atoms with Crippen LogP contribution in [0.1, 0.15) is 10.4 Å². The minimum atomic E-state index is -0.574. The number of aryl methyl sites for hydroxylation is 1. The van der Waals surface area contributed by atoms with Crippen molar-refractivity contribution < 1.29 is 23.8 Å². The van der Waals surface area contributed by atoms with E-state index in [1.165, 1.54) is 31.6 Å². The van der Waals surface area contributed by atoms with E-state index in [0.29, 0.717) is 17.2 Å².